The third-order valence-electron chi connectivity index (χ3n) is 5.83. The van der Waals surface area contributed by atoms with Crippen molar-refractivity contribution in [2.75, 3.05) is 11.4 Å². The monoisotopic (exact) mass is 361 g/mol. The number of para-hydroxylation sites is 1. The summed E-state index contributed by atoms with van der Waals surface area (Å²) in [7, 11) is 0. The first-order valence-electron chi connectivity index (χ1n) is 9.86. The number of aromatic nitrogens is 4. The van der Waals surface area contributed by atoms with Gasteiger partial charge in [-0.1, -0.05) is 12.1 Å². The van der Waals surface area contributed by atoms with Gasteiger partial charge < -0.3 is 4.90 Å². The summed E-state index contributed by atoms with van der Waals surface area (Å²) in [5, 5.41) is 5.78. The standard InChI is InChI=1S/C21H23N5O/c27-20-12-15-6-1-3-9-18(15)24-26(20)13-16-7-5-11-25(16)21-17-8-2-4-10-19(17)22-14-23-21/h2,4,8,10,12,14,16H,1,3,5-7,9,11,13H2. The number of benzene rings is 1. The highest BCUT2D eigenvalue weighted by molar-refractivity contribution is 5.89. The first-order valence-corrected chi connectivity index (χ1v) is 9.86. The molecule has 3 aromatic rings. The van der Waals surface area contributed by atoms with E-state index in [1.807, 2.05) is 18.2 Å². The predicted molar refractivity (Wildman–Crippen MR) is 105 cm³/mol. The summed E-state index contributed by atoms with van der Waals surface area (Å²) >= 11 is 0. The average molecular weight is 361 g/mol. The van der Waals surface area contributed by atoms with E-state index < -0.39 is 0 Å². The number of fused-ring (bicyclic) bond motifs is 2. The van der Waals surface area contributed by atoms with E-state index in [-0.39, 0.29) is 11.6 Å². The SMILES string of the molecule is O=c1cc2c(nn1CC1CCCN1c1ncnc3ccccc13)CCCC2. The molecule has 1 unspecified atom stereocenters. The average Bonchev–Trinajstić information content (AvgIpc) is 3.16. The van der Waals surface area contributed by atoms with Gasteiger partial charge in [-0.05, 0) is 56.2 Å². The van der Waals surface area contributed by atoms with Crippen molar-refractivity contribution >= 4 is 16.7 Å². The Morgan fingerprint density at radius 3 is 2.93 bits per heavy atom. The summed E-state index contributed by atoms with van der Waals surface area (Å²) in [6, 6.07) is 10.1. The molecular formula is C21H23N5O. The second kappa shape index (κ2) is 6.76. The van der Waals surface area contributed by atoms with Crippen molar-refractivity contribution in [1.82, 2.24) is 19.7 Å². The Morgan fingerprint density at radius 2 is 1.96 bits per heavy atom. The number of anilines is 1. The molecule has 2 aromatic heterocycles. The largest absolute Gasteiger partial charge is 0.351 e. The maximum atomic E-state index is 12.6. The lowest BCUT2D eigenvalue weighted by Crippen LogP contribution is -2.38. The fourth-order valence-corrected chi connectivity index (χ4v) is 4.46. The third-order valence-corrected chi connectivity index (χ3v) is 5.83. The number of rotatable bonds is 3. The van der Waals surface area contributed by atoms with Crippen molar-refractivity contribution in [2.24, 2.45) is 0 Å². The number of aryl methyl sites for hydroxylation is 2. The lowest BCUT2D eigenvalue weighted by molar-refractivity contribution is 0.472. The van der Waals surface area contributed by atoms with Gasteiger partial charge in [0, 0.05) is 18.0 Å². The van der Waals surface area contributed by atoms with Crippen LogP contribution in [0.2, 0.25) is 0 Å². The Hall–Kier alpha value is -2.76. The van der Waals surface area contributed by atoms with Gasteiger partial charge in [0.25, 0.3) is 5.56 Å². The maximum absolute atomic E-state index is 12.6. The number of hydrogen-bond acceptors (Lipinski definition) is 5. The molecule has 1 atom stereocenters. The molecule has 1 aromatic carbocycles. The van der Waals surface area contributed by atoms with E-state index in [2.05, 4.69) is 20.9 Å². The van der Waals surface area contributed by atoms with Gasteiger partial charge in [0.2, 0.25) is 0 Å². The molecule has 0 N–H and O–H groups in total. The van der Waals surface area contributed by atoms with E-state index in [1.165, 1.54) is 6.42 Å². The summed E-state index contributed by atoms with van der Waals surface area (Å²) in [6.45, 7) is 1.57. The van der Waals surface area contributed by atoms with Gasteiger partial charge in [0.15, 0.2) is 0 Å². The molecule has 6 heteroatoms. The van der Waals surface area contributed by atoms with E-state index >= 15 is 0 Å². The summed E-state index contributed by atoms with van der Waals surface area (Å²) in [4.78, 5) is 23.9. The summed E-state index contributed by atoms with van der Waals surface area (Å²) in [6.07, 6.45) is 8.08. The second-order valence-electron chi connectivity index (χ2n) is 7.55. The van der Waals surface area contributed by atoms with Crippen LogP contribution in [0.5, 0.6) is 0 Å². The molecule has 1 fully saturated rings. The highest BCUT2D eigenvalue weighted by Crippen LogP contribution is 2.30. The summed E-state index contributed by atoms with van der Waals surface area (Å²) in [5.74, 6) is 0.967. The molecule has 5 rings (SSSR count). The molecule has 0 bridgehead atoms. The zero-order chi connectivity index (χ0) is 18.2. The number of nitrogens with zero attached hydrogens (tertiary/aromatic N) is 5. The third kappa shape index (κ3) is 2.99. The van der Waals surface area contributed by atoms with Crippen molar-refractivity contribution in [3.05, 3.63) is 58.3 Å². The molecule has 2 aliphatic rings. The molecular weight excluding hydrogens is 338 g/mol. The van der Waals surface area contributed by atoms with Gasteiger partial charge >= 0.3 is 0 Å². The zero-order valence-corrected chi connectivity index (χ0v) is 15.3. The van der Waals surface area contributed by atoms with Crippen LogP contribution in [0.15, 0.2) is 41.5 Å². The minimum absolute atomic E-state index is 0.0232. The Morgan fingerprint density at radius 1 is 1.07 bits per heavy atom. The van der Waals surface area contributed by atoms with Crippen LogP contribution >= 0.6 is 0 Å². The molecule has 138 valence electrons. The molecule has 1 aliphatic heterocycles. The molecule has 6 nitrogen and oxygen atoms in total. The van der Waals surface area contributed by atoms with Crippen LogP contribution in [0, 0.1) is 0 Å². The van der Waals surface area contributed by atoms with E-state index in [1.54, 1.807) is 17.1 Å². The van der Waals surface area contributed by atoms with Crippen LogP contribution < -0.4 is 10.5 Å². The minimum atomic E-state index is 0.0232. The van der Waals surface area contributed by atoms with Gasteiger partial charge in [-0.3, -0.25) is 4.79 Å². The highest BCUT2D eigenvalue weighted by atomic mass is 16.1. The lowest BCUT2D eigenvalue weighted by Gasteiger charge is -2.27. The normalized spacial score (nSPS) is 19.4. The molecule has 0 saturated carbocycles. The Kier molecular flexibility index (Phi) is 4.11. The molecule has 0 radical (unpaired) electrons. The van der Waals surface area contributed by atoms with Crippen molar-refractivity contribution in [3.63, 3.8) is 0 Å². The predicted octanol–water partition coefficient (Wildman–Crippen LogP) is 2.73. The van der Waals surface area contributed by atoms with Crippen molar-refractivity contribution in [2.45, 2.75) is 51.1 Å². The Balaban J connectivity index is 1.48. The van der Waals surface area contributed by atoms with Crippen LogP contribution in [0.4, 0.5) is 5.82 Å². The minimum Gasteiger partial charge on any atom is -0.351 e. The molecule has 3 heterocycles. The van der Waals surface area contributed by atoms with Gasteiger partial charge in [0.1, 0.15) is 12.1 Å². The van der Waals surface area contributed by atoms with Gasteiger partial charge in [0.05, 0.1) is 23.8 Å². The number of hydrogen-bond donors (Lipinski definition) is 0. The molecule has 0 spiro atoms. The fraction of sp³-hybridized carbons (Fsp3) is 0.429. The van der Waals surface area contributed by atoms with Gasteiger partial charge in [-0.25, -0.2) is 14.6 Å². The van der Waals surface area contributed by atoms with E-state index in [4.69, 9.17) is 5.10 Å². The smallest absolute Gasteiger partial charge is 0.267 e. The quantitative estimate of drug-likeness (QED) is 0.718. The molecule has 1 saturated heterocycles. The molecule has 1 aliphatic carbocycles. The van der Waals surface area contributed by atoms with Crippen molar-refractivity contribution in [3.8, 4) is 0 Å². The topological polar surface area (TPSA) is 63.9 Å². The Labute approximate surface area is 157 Å². The van der Waals surface area contributed by atoms with Gasteiger partial charge in [-0.2, -0.15) is 5.10 Å². The Bertz CT molecular complexity index is 1040. The second-order valence-corrected chi connectivity index (χ2v) is 7.55. The van der Waals surface area contributed by atoms with Crippen LogP contribution in [0.3, 0.4) is 0 Å². The lowest BCUT2D eigenvalue weighted by atomic mass is 9.97. The van der Waals surface area contributed by atoms with E-state index in [9.17, 15) is 4.79 Å². The van der Waals surface area contributed by atoms with Crippen LogP contribution in [-0.2, 0) is 19.4 Å². The van der Waals surface area contributed by atoms with E-state index in [0.717, 1.165) is 66.6 Å². The highest BCUT2D eigenvalue weighted by Gasteiger charge is 2.28. The van der Waals surface area contributed by atoms with Crippen molar-refractivity contribution in [1.29, 1.82) is 0 Å². The maximum Gasteiger partial charge on any atom is 0.267 e. The van der Waals surface area contributed by atoms with Gasteiger partial charge in [-0.15, -0.1) is 0 Å². The van der Waals surface area contributed by atoms with Crippen LogP contribution in [0.25, 0.3) is 10.9 Å². The fourth-order valence-electron chi connectivity index (χ4n) is 4.46. The first kappa shape index (κ1) is 16.4. The zero-order valence-electron chi connectivity index (χ0n) is 15.3. The van der Waals surface area contributed by atoms with Crippen molar-refractivity contribution < 1.29 is 0 Å². The van der Waals surface area contributed by atoms with E-state index in [0.29, 0.717) is 6.54 Å². The van der Waals surface area contributed by atoms with Crippen LogP contribution in [0.1, 0.15) is 36.9 Å². The molecule has 27 heavy (non-hydrogen) atoms. The van der Waals surface area contributed by atoms with Crippen LogP contribution in [-0.4, -0.2) is 32.3 Å². The summed E-state index contributed by atoms with van der Waals surface area (Å²) in [5.41, 5.74) is 3.23. The first-order chi connectivity index (χ1) is 13.3. The molecule has 0 amide bonds. The summed E-state index contributed by atoms with van der Waals surface area (Å²) < 4.78 is 1.68.